The van der Waals surface area contributed by atoms with E-state index in [1.807, 2.05) is 38.8 Å². The van der Waals surface area contributed by atoms with Gasteiger partial charge in [-0.15, -0.1) is 0 Å². The third-order valence-corrected chi connectivity index (χ3v) is 6.21. The first-order valence-corrected chi connectivity index (χ1v) is 10.6. The van der Waals surface area contributed by atoms with Crippen LogP contribution in [0.25, 0.3) is 0 Å². The summed E-state index contributed by atoms with van der Waals surface area (Å²) in [5.74, 6) is 1.31. The van der Waals surface area contributed by atoms with Gasteiger partial charge < -0.3 is 10.2 Å². The van der Waals surface area contributed by atoms with E-state index in [1.165, 1.54) is 5.56 Å². The highest BCUT2D eigenvalue weighted by Gasteiger charge is 2.38. The Kier molecular flexibility index (Phi) is 6.25. The van der Waals surface area contributed by atoms with Crippen molar-refractivity contribution in [3.8, 4) is 0 Å². The topological polar surface area (TPSA) is 57.6 Å². The van der Waals surface area contributed by atoms with Crippen molar-refractivity contribution < 1.29 is 4.79 Å². The van der Waals surface area contributed by atoms with Gasteiger partial charge in [0.2, 0.25) is 0 Å². The Morgan fingerprint density at radius 1 is 1.24 bits per heavy atom. The van der Waals surface area contributed by atoms with Crippen LogP contribution in [0.4, 0.5) is 0 Å². The molecule has 1 N–H and O–H groups in total. The molecule has 2 fully saturated rings. The van der Waals surface area contributed by atoms with Gasteiger partial charge in [0.25, 0.3) is 5.91 Å². The Labute approximate surface area is 175 Å². The van der Waals surface area contributed by atoms with Crippen LogP contribution in [0.15, 0.2) is 45.9 Å². The highest BCUT2D eigenvalue weighted by molar-refractivity contribution is 5.98. The Morgan fingerprint density at radius 2 is 1.90 bits per heavy atom. The van der Waals surface area contributed by atoms with Gasteiger partial charge in [0.05, 0.1) is 0 Å². The summed E-state index contributed by atoms with van der Waals surface area (Å²) in [7, 11) is 0. The van der Waals surface area contributed by atoms with Crippen LogP contribution in [0.5, 0.6) is 0 Å². The van der Waals surface area contributed by atoms with Crippen LogP contribution < -0.4 is 5.32 Å². The number of nitrogens with zero attached hydrogens (tertiary/aromatic N) is 3. The Balaban J connectivity index is 1.73. The lowest BCUT2D eigenvalue weighted by Crippen LogP contribution is -2.39. The molecule has 1 aromatic heterocycles. The zero-order valence-corrected chi connectivity index (χ0v) is 18.5. The molecule has 0 unspecified atom stereocenters. The molecule has 1 aliphatic carbocycles. The Morgan fingerprint density at radius 3 is 2.38 bits per heavy atom. The van der Waals surface area contributed by atoms with Gasteiger partial charge in [-0.3, -0.25) is 9.78 Å². The summed E-state index contributed by atoms with van der Waals surface area (Å²) < 4.78 is 0. The lowest BCUT2D eigenvalue weighted by molar-refractivity contribution is -0.128. The highest BCUT2D eigenvalue weighted by atomic mass is 16.2. The van der Waals surface area contributed by atoms with E-state index >= 15 is 0 Å². The van der Waals surface area contributed by atoms with Gasteiger partial charge >= 0.3 is 0 Å². The number of pyridine rings is 1. The molecule has 1 aliphatic heterocycles. The normalized spacial score (nSPS) is 19.3. The van der Waals surface area contributed by atoms with Crippen molar-refractivity contribution in [2.24, 2.45) is 4.99 Å². The van der Waals surface area contributed by atoms with Gasteiger partial charge in [-0.1, -0.05) is 11.6 Å². The number of allylic oxidation sites excluding steroid dienone is 1. The van der Waals surface area contributed by atoms with E-state index < -0.39 is 0 Å². The van der Waals surface area contributed by atoms with E-state index in [2.05, 4.69) is 41.1 Å². The van der Waals surface area contributed by atoms with E-state index in [9.17, 15) is 4.79 Å². The van der Waals surface area contributed by atoms with Crippen molar-refractivity contribution in [3.05, 3.63) is 52.1 Å². The number of aromatic nitrogens is 1. The Bertz CT molecular complexity index is 834. The van der Waals surface area contributed by atoms with E-state index in [0.29, 0.717) is 5.92 Å². The third-order valence-electron chi connectivity index (χ3n) is 6.21. The maximum absolute atomic E-state index is 13.4. The SMILES string of the molecule is C=N/C(NC1(C)CC1)=C(\C)C(C(=O)N1CCC(c2ccc(C)nc2)CC1)=C(C)C. The molecule has 2 aliphatic rings. The number of aliphatic imine (C=N–C) groups is 1. The van der Waals surface area contributed by atoms with Gasteiger partial charge in [-0.25, -0.2) is 4.99 Å². The quantitative estimate of drug-likeness (QED) is 0.439. The molecule has 0 aromatic carbocycles. The van der Waals surface area contributed by atoms with Crippen LogP contribution in [0.1, 0.15) is 70.6 Å². The molecule has 1 aromatic rings. The summed E-state index contributed by atoms with van der Waals surface area (Å²) in [4.78, 5) is 24.0. The lowest BCUT2D eigenvalue weighted by Gasteiger charge is -2.33. The minimum atomic E-state index is 0.0913. The average Bonchev–Trinajstić information content (AvgIpc) is 3.43. The minimum absolute atomic E-state index is 0.0913. The van der Waals surface area contributed by atoms with E-state index in [-0.39, 0.29) is 11.4 Å². The molecule has 5 heteroatoms. The van der Waals surface area contributed by atoms with Crippen LogP contribution in [0.3, 0.4) is 0 Å². The fraction of sp³-hybridized carbons (Fsp3) is 0.542. The standard InChI is InChI=1S/C24H34N4O/c1-16(2)21(18(4)22(25-6)27-24(5)11-12-24)23(29)28-13-9-19(10-14-28)20-8-7-17(3)26-15-20/h7-8,15,19,27H,6,9-14H2,1-5H3/b22-18-. The summed E-state index contributed by atoms with van der Waals surface area (Å²) >= 11 is 0. The monoisotopic (exact) mass is 394 g/mol. The summed E-state index contributed by atoms with van der Waals surface area (Å²) in [6.45, 7) is 15.4. The number of amides is 1. The first kappa shape index (κ1) is 21.3. The predicted molar refractivity (Wildman–Crippen MR) is 119 cm³/mol. The maximum Gasteiger partial charge on any atom is 0.254 e. The largest absolute Gasteiger partial charge is 0.365 e. The predicted octanol–water partition coefficient (Wildman–Crippen LogP) is 4.51. The van der Waals surface area contributed by atoms with Crippen LogP contribution in [0, 0.1) is 6.92 Å². The summed E-state index contributed by atoms with van der Waals surface area (Å²) in [6, 6.07) is 4.24. The minimum Gasteiger partial charge on any atom is -0.365 e. The van der Waals surface area contributed by atoms with E-state index in [0.717, 1.165) is 67.0 Å². The van der Waals surface area contributed by atoms with Crippen molar-refractivity contribution in [1.82, 2.24) is 15.2 Å². The number of likely N-dealkylation sites (tertiary alicyclic amines) is 1. The average molecular weight is 395 g/mol. The number of carbonyl (C=O) groups excluding carboxylic acids is 1. The smallest absolute Gasteiger partial charge is 0.254 e. The Hall–Kier alpha value is -2.43. The van der Waals surface area contributed by atoms with Crippen molar-refractivity contribution >= 4 is 12.6 Å². The molecule has 1 amide bonds. The molecule has 1 saturated heterocycles. The van der Waals surface area contributed by atoms with Gasteiger partial charge in [0.1, 0.15) is 5.82 Å². The second-order valence-electron chi connectivity index (χ2n) is 8.99. The molecule has 2 heterocycles. The number of hydrogen-bond acceptors (Lipinski definition) is 4. The molecule has 0 spiro atoms. The van der Waals surface area contributed by atoms with Crippen LogP contribution in [-0.4, -0.2) is 41.1 Å². The number of hydrogen-bond donors (Lipinski definition) is 1. The molecule has 0 radical (unpaired) electrons. The summed E-state index contributed by atoms with van der Waals surface area (Å²) in [5.41, 5.74) is 5.08. The molecule has 5 nitrogen and oxygen atoms in total. The van der Waals surface area contributed by atoms with Crippen LogP contribution in [-0.2, 0) is 4.79 Å². The second kappa shape index (κ2) is 8.52. The van der Waals surface area contributed by atoms with Crippen LogP contribution in [0.2, 0.25) is 0 Å². The van der Waals surface area contributed by atoms with Crippen molar-refractivity contribution in [3.63, 3.8) is 0 Å². The molecule has 29 heavy (non-hydrogen) atoms. The first-order valence-electron chi connectivity index (χ1n) is 10.6. The van der Waals surface area contributed by atoms with Crippen LogP contribution >= 0.6 is 0 Å². The highest BCUT2D eigenvalue weighted by Crippen LogP contribution is 2.36. The van der Waals surface area contributed by atoms with E-state index in [4.69, 9.17) is 0 Å². The van der Waals surface area contributed by atoms with Crippen molar-refractivity contribution in [2.75, 3.05) is 13.1 Å². The van der Waals surface area contributed by atoms with Gasteiger partial charge in [0.15, 0.2) is 0 Å². The second-order valence-corrected chi connectivity index (χ2v) is 8.99. The fourth-order valence-electron chi connectivity index (χ4n) is 4.01. The summed E-state index contributed by atoms with van der Waals surface area (Å²) in [6.07, 6.45) is 6.17. The number of nitrogens with one attached hydrogen (secondary N) is 1. The summed E-state index contributed by atoms with van der Waals surface area (Å²) in [5, 5.41) is 3.48. The third kappa shape index (κ3) is 4.95. The number of rotatable bonds is 6. The zero-order chi connectivity index (χ0) is 21.2. The van der Waals surface area contributed by atoms with Crippen molar-refractivity contribution in [2.45, 2.75) is 71.8 Å². The molecule has 156 valence electrons. The van der Waals surface area contributed by atoms with Gasteiger partial charge in [-0.2, -0.15) is 0 Å². The first-order chi connectivity index (χ1) is 13.7. The fourth-order valence-corrected chi connectivity index (χ4v) is 4.01. The van der Waals surface area contributed by atoms with E-state index in [1.54, 1.807) is 0 Å². The molecular formula is C24H34N4O. The lowest BCUT2D eigenvalue weighted by atomic mass is 9.89. The molecule has 0 bridgehead atoms. The zero-order valence-electron chi connectivity index (χ0n) is 18.5. The molecular weight excluding hydrogens is 360 g/mol. The number of carbonyl (C=O) groups is 1. The maximum atomic E-state index is 13.4. The molecule has 0 atom stereocenters. The molecule has 1 saturated carbocycles. The van der Waals surface area contributed by atoms with Gasteiger partial charge in [0, 0.05) is 41.7 Å². The number of piperidine rings is 1. The van der Waals surface area contributed by atoms with Crippen molar-refractivity contribution in [1.29, 1.82) is 0 Å². The number of aryl methyl sites for hydroxylation is 1. The molecule has 3 rings (SSSR count). The van der Waals surface area contributed by atoms with Gasteiger partial charge in [-0.05, 0) is 84.6 Å².